The molecule has 0 atom stereocenters. The number of carbonyl (C=O) groups excluding carboxylic acids is 1. The van der Waals surface area contributed by atoms with Crippen LogP contribution in [0, 0.1) is 0 Å². The smallest absolute Gasteiger partial charge is 0.255 e. The Kier molecular flexibility index (Phi) is 4.22. The van der Waals surface area contributed by atoms with Crippen molar-refractivity contribution in [2.24, 2.45) is 0 Å². The molecular formula is C15H15BrN2O. The van der Waals surface area contributed by atoms with Crippen molar-refractivity contribution in [3.63, 3.8) is 0 Å². The first-order chi connectivity index (χ1) is 9.10. The number of halogens is 1. The number of anilines is 2. The number of hydrogen-bond acceptors (Lipinski definition) is 2. The van der Waals surface area contributed by atoms with Crippen LogP contribution in [0.25, 0.3) is 0 Å². The third-order valence-corrected chi connectivity index (χ3v) is 3.57. The average Bonchev–Trinajstić information content (AvgIpc) is 2.43. The predicted molar refractivity (Wildman–Crippen MR) is 82.3 cm³/mol. The van der Waals surface area contributed by atoms with Crippen molar-refractivity contribution in [3.8, 4) is 0 Å². The third kappa shape index (κ3) is 3.35. The van der Waals surface area contributed by atoms with Crippen LogP contribution in [0.2, 0.25) is 0 Å². The van der Waals surface area contributed by atoms with Gasteiger partial charge in [-0.1, -0.05) is 19.1 Å². The van der Waals surface area contributed by atoms with Gasteiger partial charge in [-0.15, -0.1) is 0 Å². The molecule has 0 spiro atoms. The van der Waals surface area contributed by atoms with Crippen molar-refractivity contribution in [1.29, 1.82) is 0 Å². The van der Waals surface area contributed by atoms with E-state index in [1.807, 2.05) is 24.3 Å². The van der Waals surface area contributed by atoms with Crippen LogP contribution < -0.4 is 11.1 Å². The Morgan fingerprint density at radius 1 is 1.21 bits per heavy atom. The van der Waals surface area contributed by atoms with E-state index in [4.69, 9.17) is 5.73 Å². The van der Waals surface area contributed by atoms with Crippen LogP contribution in [-0.2, 0) is 6.42 Å². The lowest BCUT2D eigenvalue weighted by atomic mass is 10.1. The summed E-state index contributed by atoms with van der Waals surface area (Å²) in [5.41, 5.74) is 8.92. The van der Waals surface area contributed by atoms with Crippen molar-refractivity contribution in [3.05, 3.63) is 58.1 Å². The van der Waals surface area contributed by atoms with E-state index in [9.17, 15) is 4.79 Å². The van der Waals surface area contributed by atoms with Gasteiger partial charge in [-0.25, -0.2) is 0 Å². The Labute approximate surface area is 121 Å². The van der Waals surface area contributed by atoms with Crippen LogP contribution in [-0.4, -0.2) is 5.91 Å². The summed E-state index contributed by atoms with van der Waals surface area (Å²) in [6.45, 7) is 2.08. The number of rotatable bonds is 3. The van der Waals surface area contributed by atoms with Crippen LogP contribution in [0.15, 0.2) is 46.9 Å². The number of carbonyl (C=O) groups is 1. The number of nitrogen functional groups attached to an aromatic ring is 1. The molecule has 2 aromatic rings. The first-order valence-corrected chi connectivity index (χ1v) is 6.84. The molecule has 0 saturated heterocycles. The fourth-order valence-corrected chi connectivity index (χ4v) is 2.08. The third-order valence-electron chi connectivity index (χ3n) is 2.88. The van der Waals surface area contributed by atoms with E-state index in [1.165, 1.54) is 5.56 Å². The normalized spacial score (nSPS) is 10.2. The topological polar surface area (TPSA) is 55.1 Å². The highest BCUT2D eigenvalue weighted by Gasteiger charge is 2.06. The van der Waals surface area contributed by atoms with Gasteiger partial charge < -0.3 is 11.1 Å². The lowest BCUT2D eigenvalue weighted by Crippen LogP contribution is -2.11. The van der Waals surface area contributed by atoms with Crippen molar-refractivity contribution in [2.75, 3.05) is 11.1 Å². The van der Waals surface area contributed by atoms with E-state index in [2.05, 4.69) is 28.2 Å². The van der Waals surface area contributed by atoms with Crippen LogP contribution in [0.3, 0.4) is 0 Å². The van der Waals surface area contributed by atoms with E-state index >= 15 is 0 Å². The van der Waals surface area contributed by atoms with Gasteiger partial charge >= 0.3 is 0 Å². The van der Waals surface area contributed by atoms with Crippen LogP contribution in [0.4, 0.5) is 11.4 Å². The maximum absolute atomic E-state index is 12.1. The Morgan fingerprint density at radius 3 is 2.47 bits per heavy atom. The highest BCUT2D eigenvalue weighted by molar-refractivity contribution is 9.10. The summed E-state index contributed by atoms with van der Waals surface area (Å²) in [5.74, 6) is -0.126. The maximum atomic E-state index is 12.1. The zero-order valence-electron chi connectivity index (χ0n) is 10.6. The zero-order chi connectivity index (χ0) is 13.8. The molecule has 19 heavy (non-hydrogen) atoms. The summed E-state index contributed by atoms with van der Waals surface area (Å²) in [5, 5.41) is 2.84. The summed E-state index contributed by atoms with van der Waals surface area (Å²) in [6.07, 6.45) is 0.965. The van der Waals surface area contributed by atoms with Crippen LogP contribution >= 0.6 is 15.9 Å². The first-order valence-electron chi connectivity index (χ1n) is 6.05. The summed E-state index contributed by atoms with van der Waals surface area (Å²) in [4.78, 5) is 12.1. The maximum Gasteiger partial charge on any atom is 0.255 e. The van der Waals surface area contributed by atoms with Crippen LogP contribution in [0.1, 0.15) is 22.8 Å². The first kappa shape index (κ1) is 13.6. The number of amides is 1. The van der Waals surface area contributed by atoms with Gasteiger partial charge in [-0.2, -0.15) is 0 Å². The summed E-state index contributed by atoms with van der Waals surface area (Å²) >= 11 is 3.33. The van der Waals surface area contributed by atoms with Gasteiger partial charge in [0.1, 0.15) is 0 Å². The number of hydrogen-bond donors (Lipinski definition) is 2. The highest BCUT2D eigenvalue weighted by atomic mass is 79.9. The monoisotopic (exact) mass is 318 g/mol. The average molecular weight is 319 g/mol. The standard InChI is InChI=1S/C15H15BrN2O/c1-2-10-3-5-11(6-4-10)15(19)18-12-7-8-14(17)13(16)9-12/h3-9H,2,17H2,1H3,(H,18,19). The molecule has 98 valence electrons. The van der Waals surface area contributed by atoms with E-state index in [1.54, 1.807) is 18.2 Å². The molecule has 2 rings (SSSR count). The highest BCUT2D eigenvalue weighted by Crippen LogP contribution is 2.23. The minimum Gasteiger partial charge on any atom is -0.398 e. The summed E-state index contributed by atoms with van der Waals surface area (Å²) in [6, 6.07) is 12.9. The fraction of sp³-hybridized carbons (Fsp3) is 0.133. The van der Waals surface area contributed by atoms with Gasteiger partial charge in [0.15, 0.2) is 0 Å². The molecule has 0 aromatic heterocycles. The predicted octanol–water partition coefficient (Wildman–Crippen LogP) is 3.85. The lowest BCUT2D eigenvalue weighted by Gasteiger charge is -2.07. The van der Waals surface area contributed by atoms with Gasteiger partial charge in [0, 0.05) is 21.4 Å². The Morgan fingerprint density at radius 2 is 1.89 bits per heavy atom. The van der Waals surface area contributed by atoms with Gasteiger partial charge in [-0.05, 0) is 58.2 Å². The lowest BCUT2D eigenvalue weighted by molar-refractivity contribution is 0.102. The van der Waals surface area contributed by atoms with Crippen molar-refractivity contribution in [2.45, 2.75) is 13.3 Å². The molecule has 2 aromatic carbocycles. The minimum absolute atomic E-state index is 0.126. The second-order valence-electron chi connectivity index (χ2n) is 4.24. The van der Waals surface area contributed by atoms with E-state index in [0.29, 0.717) is 16.9 Å². The largest absolute Gasteiger partial charge is 0.398 e. The molecule has 0 bridgehead atoms. The Bertz CT molecular complexity index is 594. The molecular weight excluding hydrogens is 304 g/mol. The molecule has 0 heterocycles. The molecule has 3 N–H and O–H groups in total. The number of nitrogens with two attached hydrogens (primary N) is 1. The van der Waals surface area contributed by atoms with Crippen molar-refractivity contribution in [1.82, 2.24) is 0 Å². The van der Waals surface area contributed by atoms with E-state index in [-0.39, 0.29) is 5.91 Å². The molecule has 0 aliphatic heterocycles. The second-order valence-corrected chi connectivity index (χ2v) is 5.10. The Balaban J connectivity index is 2.13. The number of nitrogens with one attached hydrogen (secondary N) is 1. The molecule has 0 aliphatic rings. The minimum atomic E-state index is -0.126. The zero-order valence-corrected chi connectivity index (χ0v) is 12.2. The SMILES string of the molecule is CCc1ccc(C(=O)Nc2ccc(N)c(Br)c2)cc1. The van der Waals surface area contributed by atoms with Gasteiger partial charge in [0.25, 0.3) is 5.91 Å². The second kappa shape index (κ2) is 5.89. The molecule has 3 nitrogen and oxygen atoms in total. The van der Waals surface area contributed by atoms with Crippen LogP contribution in [0.5, 0.6) is 0 Å². The van der Waals surface area contributed by atoms with Crippen molar-refractivity contribution >= 4 is 33.2 Å². The van der Waals surface area contributed by atoms with Gasteiger partial charge in [0.05, 0.1) is 0 Å². The van der Waals surface area contributed by atoms with E-state index < -0.39 is 0 Å². The van der Waals surface area contributed by atoms with Crippen molar-refractivity contribution < 1.29 is 4.79 Å². The molecule has 0 unspecified atom stereocenters. The summed E-state index contributed by atoms with van der Waals surface area (Å²) in [7, 11) is 0. The molecule has 0 aliphatic carbocycles. The molecule has 1 amide bonds. The number of aryl methyl sites for hydroxylation is 1. The molecule has 0 fully saturated rings. The number of benzene rings is 2. The van der Waals surface area contributed by atoms with Gasteiger partial charge in [0.2, 0.25) is 0 Å². The van der Waals surface area contributed by atoms with Gasteiger partial charge in [-0.3, -0.25) is 4.79 Å². The van der Waals surface area contributed by atoms with E-state index in [0.717, 1.165) is 10.9 Å². The molecule has 0 radical (unpaired) electrons. The molecule has 0 saturated carbocycles. The quantitative estimate of drug-likeness (QED) is 0.845. The summed E-state index contributed by atoms with van der Waals surface area (Å²) < 4.78 is 0.770. The Hall–Kier alpha value is -1.81. The fourth-order valence-electron chi connectivity index (χ4n) is 1.70. The molecule has 4 heteroatoms.